The highest BCUT2D eigenvalue weighted by Gasteiger charge is 2.60. The molecule has 0 radical (unpaired) electrons. The lowest BCUT2D eigenvalue weighted by molar-refractivity contribution is -0.126. The van der Waals surface area contributed by atoms with Crippen LogP contribution in [0, 0.1) is 11.7 Å². The normalized spacial score (nSPS) is 22.8. The van der Waals surface area contributed by atoms with Crippen LogP contribution < -0.4 is 9.96 Å². The molecule has 0 N–H and O–H groups in total. The molecule has 2 heterocycles. The lowest BCUT2D eigenvalue weighted by atomic mass is 9.90. The molecule has 2 aliphatic rings. The Balaban J connectivity index is 1.57. The number of rotatable bonds is 4. The van der Waals surface area contributed by atoms with E-state index in [1.54, 1.807) is 16.8 Å². The minimum atomic E-state index is -0.942. The standard InChI is InChI=1S/C24H19FN2O3S/c1-31-19-13-7-15(8-14-19)21-20-22(30-27(21)18-5-3-2-4-6-18)24(29)26(23(20)28)17-11-9-16(25)10-12-17/h2-14,20-22H,1H3/t20-,21-,22-/m1/s1. The van der Waals surface area contributed by atoms with E-state index in [9.17, 15) is 14.0 Å². The van der Waals surface area contributed by atoms with Gasteiger partial charge in [0.25, 0.3) is 5.91 Å². The number of carbonyl (C=O) groups excluding carboxylic acids is 2. The number of thioether (sulfide) groups is 1. The van der Waals surface area contributed by atoms with E-state index in [-0.39, 0.29) is 5.91 Å². The molecule has 5 rings (SSSR count). The summed E-state index contributed by atoms with van der Waals surface area (Å²) in [5.74, 6) is -1.93. The Labute approximate surface area is 183 Å². The van der Waals surface area contributed by atoms with E-state index >= 15 is 0 Å². The molecule has 3 aromatic rings. The monoisotopic (exact) mass is 434 g/mol. The molecular weight excluding hydrogens is 415 g/mol. The summed E-state index contributed by atoms with van der Waals surface area (Å²) >= 11 is 1.63. The van der Waals surface area contributed by atoms with Crippen molar-refractivity contribution in [2.24, 2.45) is 5.92 Å². The van der Waals surface area contributed by atoms with Crippen LogP contribution in [-0.2, 0) is 14.4 Å². The summed E-state index contributed by atoms with van der Waals surface area (Å²) in [6.45, 7) is 0. The lowest BCUT2D eigenvalue weighted by Gasteiger charge is -2.28. The Morgan fingerprint density at radius 3 is 2.16 bits per heavy atom. The summed E-state index contributed by atoms with van der Waals surface area (Å²) < 4.78 is 13.4. The molecule has 0 aliphatic carbocycles. The number of carbonyl (C=O) groups is 2. The molecule has 3 aromatic carbocycles. The van der Waals surface area contributed by atoms with E-state index in [2.05, 4.69) is 0 Å². The van der Waals surface area contributed by atoms with Crippen molar-refractivity contribution < 1.29 is 18.8 Å². The van der Waals surface area contributed by atoms with Gasteiger partial charge in [-0.2, -0.15) is 0 Å². The first-order valence-corrected chi connectivity index (χ1v) is 11.1. The van der Waals surface area contributed by atoms with Crippen LogP contribution in [0.3, 0.4) is 0 Å². The van der Waals surface area contributed by atoms with Crippen LogP contribution in [0.1, 0.15) is 11.6 Å². The van der Waals surface area contributed by atoms with Crippen molar-refractivity contribution in [3.05, 3.63) is 90.2 Å². The van der Waals surface area contributed by atoms with Crippen molar-refractivity contribution >= 4 is 35.0 Å². The molecule has 0 unspecified atom stereocenters. The molecule has 3 atom stereocenters. The Bertz CT molecular complexity index is 1120. The van der Waals surface area contributed by atoms with E-state index in [0.29, 0.717) is 5.69 Å². The molecule has 0 bridgehead atoms. The van der Waals surface area contributed by atoms with Crippen molar-refractivity contribution in [2.75, 3.05) is 16.2 Å². The second-order valence-electron chi connectivity index (χ2n) is 7.42. The third-order valence-corrected chi connectivity index (χ3v) is 6.41. The summed E-state index contributed by atoms with van der Waals surface area (Å²) in [5.41, 5.74) is 2.00. The molecule has 31 heavy (non-hydrogen) atoms. The van der Waals surface area contributed by atoms with Crippen molar-refractivity contribution in [3.63, 3.8) is 0 Å². The molecule has 5 nitrogen and oxygen atoms in total. The highest BCUT2D eigenvalue weighted by atomic mass is 32.2. The van der Waals surface area contributed by atoms with Crippen LogP contribution in [0.25, 0.3) is 0 Å². The second-order valence-corrected chi connectivity index (χ2v) is 8.30. The smallest absolute Gasteiger partial charge is 0.266 e. The number of para-hydroxylation sites is 1. The zero-order valence-electron chi connectivity index (χ0n) is 16.6. The van der Waals surface area contributed by atoms with Gasteiger partial charge in [0.05, 0.1) is 17.4 Å². The van der Waals surface area contributed by atoms with Crippen molar-refractivity contribution in [1.82, 2.24) is 0 Å². The molecule has 0 aromatic heterocycles. The summed E-state index contributed by atoms with van der Waals surface area (Å²) in [4.78, 5) is 35.0. The van der Waals surface area contributed by atoms with E-state index in [1.807, 2.05) is 60.9 Å². The number of nitrogens with zero attached hydrogens (tertiary/aromatic N) is 2. The van der Waals surface area contributed by atoms with Crippen LogP contribution in [-0.4, -0.2) is 24.2 Å². The molecule has 7 heteroatoms. The number of halogens is 1. The van der Waals surface area contributed by atoms with Crippen molar-refractivity contribution in [1.29, 1.82) is 0 Å². The van der Waals surface area contributed by atoms with Crippen LogP contribution in [0.4, 0.5) is 15.8 Å². The summed E-state index contributed by atoms with van der Waals surface area (Å²) in [7, 11) is 0. The van der Waals surface area contributed by atoms with Gasteiger partial charge in [0.15, 0.2) is 6.10 Å². The van der Waals surface area contributed by atoms with Crippen LogP contribution in [0.15, 0.2) is 83.8 Å². The first-order valence-electron chi connectivity index (χ1n) is 9.87. The number of benzene rings is 3. The molecule has 156 valence electrons. The van der Waals surface area contributed by atoms with Crippen molar-refractivity contribution in [2.45, 2.75) is 17.0 Å². The number of imide groups is 1. The first-order chi connectivity index (χ1) is 15.1. The minimum Gasteiger partial charge on any atom is -0.273 e. The molecule has 2 amide bonds. The highest BCUT2D eigenvalue weighted by molar-refractivity contribution is 7.98. The number of amides is 2. The van der Waals surface area contributed by atoms with Crippen molar-refractivity contribution in [3.8, 4) is 0 Å². The van der Waals surface area contributed by atoms with Gasteiger partial charge in [-0.15, -0.1) is 11.8 Å². The lowest BCUT2D eigenvalue weighted by Crippen LogP contribution is -2.37. The average molecular weight is 434 g/mol. The summed E-state index contributed by atoms with van der Waals surface area (Å²) in [6.07, 6.45) is 1.06. The predicted octanol–water partition coefficient (Wildman–Crippen LogP) is 4.60. The van der Waals surface area contributed by atoms with Crippen LogP contribution in [0.5, 0.6) is 0 Å². The second kappa shape index (κ2) is 7.83. The van der Waals surface area contributed by atoms with Gasteiger partial charge in [0.2, 0.25) is 5.91 Å². The van der Waals surface area contributed by atoms with E-state index < -0.39 is 29.8 Å². The maximum atomic E-state index is 13.5. The van der Waals surface area contributed by atoms with Gasteiger partial charge in [-0.25, -0.2) is 14.4 Å². The maximum absolute atomic E-state index is 13.5. The van der Waals surface area contributed by atoms with Gasteiger partial charge in [-0.1, -0.05) is 30.3 Å². The van der Waals surface area contributed by atoms with Gasteiger partial charge in [-0.3, -0.25) is 14.4 Å². The Morgan fingerprint density at radius 1 is 0.839 bits per heavy atom. The third-order valence-electron chi connectivity index (χ3n) is 5.67. The largest absolute Gasteiger partial charge is 0.273 e. The van der Waals surface area contributed by atoms with Gasteiger partial charge < -0.3 is 0 Å². The van der Waals surface area contributed by atoms with Gasteiger partial charge in [0.1, 0.15) is 11.7 Å². The predicted molar refractivity (Wildman–Crippen MR) is 117 cm³/mol. The van der Waals surface area contributed by atoms with Crippen LogP contribution >= 0.6 is 11.8 Å². The Morgan fingerprint density at radius 2 is 1.52 bits per heavy atom. The first kappa shape index (κ1) is 19.8. The number of hydrogen-bond acceptors (Lipinski definition) is 5. The Hall–Kier alpha value is -3.16. The van der Waals surface area contributed by atoms with Gasteiger partial charge in [0, 0.05) is 4.90 Å². The highest BCUT2D eigenvalue weighted by Crippen LogP contribution is 2.47. The SMILES string of the molecule is CSc1ccc([C@@H]2[C@H]3C(=O)N(c4ccc(F)cc4)C(=O)[C@@H]3ON2c2ccccc2)cc1. The van der Waals surface area contributed by atoms with Gasteiger partial charge in [-0.05, 0) is 60.4 Å². The third kappa shape index (κ3) is 3.30. The molecule has 2 saturated heterocycles. The Kier molecular flexibility index (Phi) is 5.00. The molecule has 0 saturated carbocycles. The number of hydroxylamine groups is 1. The molecule has 0 spiro atoms. The summed E-state index contributed by atoms with van der Waals surface area (Å²) in [5, 5.41) is 1.67. The molecular formula is C24H19FN2O3S. The fourth-order valence-corrected chi connectivity index (χ4v) is 4.61. The minimum absolute atomic E-state index is 0.345. The number of hydrogen-bond donors (Lipinski definition) is 0. The summed E-state index contributed by atoms with van der Waals surface area (Å²) in [6, 6.07) is 22.2. The number of anilines is 2. The fourth-order valence-electron chi connectivity index (χ4n) is 4.20. The molecule has 2 fully saturated rings. The van der Waals surface area contributed by atoms with E-state index in [1.165, 1.54) is 24.3 Å². The topological polar surface area (TPSA) is 49.9 Å². The zero-order chi connectivity index (χ0) is 21.5. The maximum Gasteiger partial charge on any atom is 0.266 e. The zero-order valence-corrected chi connectivity index (χ0v) is 17.5. The quantitative estimate of drug-likeness (QED) is 0.444. The van der Waals surface area contributed by atoms with E-state index in [0.717, 1.165) is 21.0 Å². The molecule has 2 aliphatic heterocycles. The van der Waals surface area contributed by atoms with Gasteiger partial charge >= 0.3 is 0 Å². The van der Waals surface area contributed by atoms with E-state index in [4.69, 9.17) is 4.84 Å². The van der Waals surface area contributed by atoms with Crippen LogP contribution in [0.2, 0.25) is 0 Å². The fraction of sp³-hybridized carbons (Fsp3) is 0.167. The number of fused-ring (bicyclic) bond motifs is 1. The average Bonchev–Trinajstić information content (AvgIpc) is 3.31.